The van der Waals surface area contributed by atoms with E-state index in [1.165, 1.54) is 43.1 Å². The summed E-state index contributed by atoms with van der Waals surface area (Å²) in [5.74, 6) is 0.673. The van der Waals surface area contributed by atoms with E-state index in [2.05, 4.69) is 4.72 Å². The number of nitrogens with zero attached hydrogens (tertiary/aromatic N) is 1. The van der Waals surface area contributed by atoms with Crippen molar-refractivity contribution in [2.45, 2.75) is 9.79 Å². The molecule has 3 aromatic carbocycles. The Morgan fingerprint density at radius 3 is 2.46 bits per heavy atom. The van der Waals surface area contributed by atoms with Crippen LogP contribution in [0.2, 0.25) is 0 Å². The third-order valence-electron chi connectivity index (χ3n) is 5.82. The van der Waals surface area contributed by atoms with Crippen molar-refractivity contribution in [3.05, 3.63) is 66.2 Å². The number of thioether (sulfide) groups is 1. The van der Waals surface area contributed by atoms with Gasteiger partial charge in [-0.3, -0.25) is 9.52 Å². The molecule has 12 heteroatoms. The maximum absolute atomic E-state index is 13.4. The van der Waals surface area contributed by atoms with Crippen LogP contribution in [-0.4, -0.2) is 77.2 Å². The van der Waals surface area contributed by atoms with Gasteiger partial charge in [-0.05, 0) is 54.8 Å². The van der Waals surface area contributed by atoms with E-state index in [1.54, 1.807) is 41.3 Å². The molecule has 4 rings (SSSR count). The van der Waals surface area contributed by atoms with Gasteiger partial charge in [-0.1, -0.05) is 6.07 Å². The molecular weight excluding hydrogens is 544 g/mol. The van der Waals surface area contributed by atoms with Crippen LogP contribution in [0.15, 0.2) is 70.5 Å². The van der Waals surface area contributed by atoms with Gasteiger partial charge in [0.2, 0.25) is 0 Å². The van der Waals surface area contributed by atoms with Gasteiger partial charge in [-0.15, -0.1) is 11.8 Å². The van der Waals surface area contributed by atoms with Crippen molar-refractivity contribution in [1.29, 1.82) is 0 Å². The van der Waals surface area contributed by atoms with E-state index in [1.807, 2.05) is 6.26 Å². The molecule has 0 unspecified atom stereocenters. The first-order valence-corrected chi connectivity index (χ1v) is 14.8. The number of aliphatic hydroxyl groups excluding tert-OH is 1. The second-order valence-electron chi connectivity index (χ2n) is 8.39. The summed E-state index contributed by atoms with van der Waals surface area (Å²) in [6, 6.07) is 16.1. The third kappa shape index (κ3) is 7.15. The van der Waals surface area contributed by atoms with Gasteiger partial charge in [0.05, 0.1) is 37.5 Å². The minimum Gasteiger partial charge on any atom is -0.497 e. The first kappa shape index (κ1) is 28.6. The molecule has 0 bridgehead atoms. The monoisotopic (exact) mass is 574 g/mol. The Morgan fingerprint density at radius 2 is 1.79 bits per heavy atom. The zero-order chi connectivity index (χ0) is 27.8. The zero-order valence-corrected chi connectivity index (χ0v) is 23.2. The molecule has 1 fully saturated rings. The van der Waals surface area contributed by atoms with Crippen molar-refractivity contribution in [2.75, 3.05) is 57.6 Å². The highest BCUT2D eigenvalue weighted by Gasteiger charge is 2.26. The van der Waals surface area contributed by atoms with Gasteiger partial charge < -0.3 is 29.0 Å². The lowest BCUT2D eigenvalue weighted by atomic mass is 10.1. The summed E-state index contributed by atoms with van der Waals surface area (Å²) in [7, 11) is -2.57. The first-order chi connectivity index (χ1) is 18.8. The fourth-order valence-corrected chi connectivity index (χ4v) is 5.32. The maximum Gasteiger partial charge on any atom is 0.262 e. The molecule has 10 nitrogen and oxygen atoms in total. The summed E-state index contributed by atoms with van der Waals surface area (Å²) < 4.78 is 51.9. The van der Waals surface area contributed by atoms with Crippen molar-refractivity contribution in [3.63, 3.8) is 0 Å². The zero-order valence-electron chi connectivity index (χ0n) is 21.6. The van der Waals surface area contributed by atoms with Gasteiger partial charge in [-0.25, -0.2) is 8.42 Å². The van der Waals surface area contributed by atoms with Gasteiger partial charge in [-0.2, -0.15) is 0 Å². The first-order valence-electron chi connectivity index (χ1n) is 12.1. The van der Waals surface area contributed by atoms with Crippen LogP contribution in [0.25, 0.3) is 0 Å². The molecule has 2 N–H and O–H groups in total. The lowest BCUT2D eigenvalue weighted by Crippen LogP contribution is -2.40. The van der Waals surface area contributed by atoms with Crippen molar-refractivity contribution < 1.29 is 37.3 Å². The largest absolute Gasteiger partial charge is 0.497 e. The fourth-order valence-electron chi connectivity index (χ4n) is 3.86. The van der Waals surface area contributed by atoms with Gasteiger partial charge >= 0.3 is 0 Å². The summed E-state index contributed by atoms with van der Waals surface area (Å²) in [4.78, 5) is 15.9. The lowest BCUT2D eigenvalue weighted by molar-refractivity contribution is 0.0302. The minimum atomic E-state index is -4.08. The van der Waals surface area contributed by atoms with Gasteiger partial charge in [0.15, 0.2) is 11.5 Å². The molecule has 0 aromatic heterocycles. The van der Waals surface area contributed by atoms with Crippen LogP contribution in [0.5, 0.6) is 23.0 Å². The summed E-state index contributed by atoms with van der Waals surface area (Å²) >= 11 is 1.49. The molecule has 3 aromatic rings. The lowest BCUT2D eigenvalue weighted by Gasteiger charge is -2.27. The average molecular weight is 575 g/mol. The number of carbonyl (C=O) groups excluding carboxylic acids is 1. The molecule has 208 valence electrons. The number of nitrogens with one attached hydrogen (secondary N) is 1. The van der Waals surface area contributed by atoms with Gasteiger partial charge in [0.1, 0.15) is 18.1 Å². The van der Waals surface area contributed by atoms with E-state index >= 15 is 0 Å². The van der Waals surface area contributed by atoms with Crippen molar-refractivity contribution in [1.82, 2.24) is 4.90 Å². The number of hydrogen-bond acceptors (Lipinski definition) is 9. The number of carbonyl (C=O) groups is 1. The Bertz CT molecular complexity index is 1390. The number of hydrogen-bond donors (Lipinski definition) is 2. The number of aliphatic hydroxyl groups is 1. The predicted octanol–water partition coefficient (Wildman–Crippen LogP) is 3.85. The summed E-state index contributed by atoms with van der Waals surface area (Å²) in [6.45, 7) is 1.20. The van der Waals surface area contributed by atoms with Crippen molar-refractivity contribution in [2.24, 2.45) is 0 Å². The summed E-state index contributed by atoms with van der Waals surface area (Å²) in [5, 5.41) is 9.42. The SMILES string of the molecule is COc1cccc(Oc2c(NS(=O)(=O)c3ccc(SC)cc3)cc(C(=O)N3CCOCC3)cc2OCCO)c1. The standard InChI is InChI=1S/C27H30N2O8S2/c1-34-20-4-3-5-21(18-20)37-26-24(28-39(32,33)23-8-6-22(38-2)7-9-23)16-19(17-25(26)36-15-12-30)27(31)29-10-13-35-14-11-29/h3-9,16-18,28,30H,10-15H2,1-2H3. The molecule has 0 aliphatic carbocycles. The molecule has 0 saturated carbocycles. The molecule has 0 atom stereocenters. The van der Waals surface area contributed by atoms with Gasteiger partial charge in [0.25, 0.3) is 15.9 Å². The van der Waals surface area contributed by atoms with E-state index in [0.717, 1.165) is 4.90 Å². The molecule has 0 radical (unpaired) electrons. The highest BCUT2D eigenvalue weighted by Crippen LogP contribution is 2.42. The van der Waals surface area contributed by atoms with E-state index in [9.17, 15) is 18.3 Å². The summed E-state index contributed by atoms with van der Waals surface area (Å²) in [5.41, 5.74) is 0.192. The van der Waals surface area contributed by atoms with Crippen molar-refractivity contribution in [3.8, 4) is 23.0 Å². The number of morpholine rings is 1. The number of benzene rings is 3. The topological polar surface area (TPSA) is 124 Å². The highest BCUT2D eigenvalue weighted by molar-refractivity contribution is 7.98. The van der Waals surface area contributed by atoms with E-state index < -0.39 is 10.0 Å². The molecule has 1 aliphatic rings. The fraction of sp³-hybridized carbons (Fsp3) is 0.296. The smallest absolute Gasteiger partial charge is 0.262 e. The Hall–Kier alpha value is -3.45. The van der Waals surface area contributed by atoms with Crippen LogP contribution < -0.4 is 18.9 Å². The second-order valence-corrected chi connectivity index (χ2v) is 11.0. The van der Waals surface area contributed by atoms with E-state index in [4.69, 9.17) is 18.9 Å². The second kappa shape index (κ2) is 13.1. The molecule has 0 spiro atoms. The number of amides is 1. The van der Waals surface area contributed by atoms with Crippen LogP contribution in [-0.2, 0) is 14.8 Å². The number of anilines is 1. The molecule has 1 saturated heterocycles. The molecule has 39 heavy (non-hydrogen) atoms. The normalized spacial score (nSPS) is 13.6. The number of ether oxygens (including phenoxy) is 4. The van der Waals surface area contributed by atoms with Crippen LogP contribution in [0, 0.1) is 0 Å². The van der Waals surface area contributed by atoms with E-state index in [-0.39, 0.29) is 46.8 Å². The van der Waals surface area contributed by atoms with E-state index in [0.29, 0.717) is 37.8 Å². The molecule has 1 amide bonds. The van der Waals surface area contributed by atoms with Crippen LogP contribution in [0.3, 0.4) is 0 Å². The van der Waals surface area contributed by atoms with Crippen LogP contribution in [0.1, 0.15) is 10.4 Å². The summed E-state index contributed by atoms with van der Waals surface area (Å²) in [6.07, 6.45) is 1.90. The van der Waals surface area contributed by atoms with Crippen LogP contribution >= 0.6 is 11.8 Å². The number of methoxy groups -OCH3 is 1. The quantitative estimate of drug-likeness (QED) is 0.329. The molecular formula is C27H30N2O8S2. The maximum atomic E-state index is 13.4. The Balaban J connectivity index is 1.81. The predicted molar refractivity (Wildman–Crippen MR) is 148 cm³/mol. The Labute approximate surface area is 231 Å². The third-order valence-corrected chi connectivity index (χ3v) is 7.95. The number of sulfonamides is 1. The Morgan fingerprint density at radius 1 is 1.08 bits per heavy atom. The van der Waals surface area contributed by atoms with Crippen LogP contribution in [0.4, 0.5) is 5.69 Å². The number of rotatable bonds is 11. The molecule has 1 heterocycles. The van der Waals surface area contributed by atoms with Crippen molar-refractivity contribution >= 4 is 33.4 Å². The Kier molecular flexibility index (Phi) is 9.57. The highest BCUT2D eigenvalue weighted by atomic mass is 32.2. The van der Waals surface area contributed by atoms with Gasteiger partial charge in [0, 0.05) is 29.6 Å². The average Bonchev–Trinajstić information content (AvgIpc) is 2.97. The minimum absolute atomic E-state index is 0.00110. The molecule has 1 aliphatic heterocycles.